The van der Waals surface area contributed by atoms with E-state index in [0.29, 0.717) is 13.0 Å². The number of carbonyl (C=O) groups excluding carboxylic acids is 1. The van der Waals surface area contributed by atoms with E-state index in [1.54, 1.807) is 0 Å². The highest BCUT2D eigenvalue weighted by molar-refractivity contribution is 5.78. The van der Waals surface area contributed by atoms with Gasteiger partial charge in [0.15, 0.2) is 0 Å². The molecule has 0 aliphatic rings. The predicted molar refractivity (Wildman–Crippen MR) is 75.2 cm³/mol. The lowest BCUT2D eigenvalue weighted by molar-refractivity contribution is -0.152. The highest BCUT2D eigenvalue weighted by atomic mass is 16.5. The molecular weight excluding hydrogens is 258 g/mol. The van der Waals surface area contributed by atoms with E-state index >= 15 is 0 Å². The maximum Gasteiger partial charge on any atom is 0.307 e. The van der Waals surface area contributed by atoms with Crippen molar-refractivity contribution >= 4 is 11.9 Å². The number of esters is 1. The van der Waals surface area contributed by atoms with Gasteiger partial charge in [-0.1, -0.05) is 30.3 Å². The van der Waals surface area contributed by atoms with Crippen molar-refractivity contribution in [3.8, 4) is 0 Å². The molecule has 1 aromatic rings. The second-order valence-corrected chi connectivity index (χ2v) is 4.98. The molecule has 0 spiro atoms. The van der Waals surface area contributed by atoms with E-state index < -0.39 is 17.9 Å². The third-order valence-corrected chi connectivity index (χ3v) is 2.93. The zero-order valence-corrected chi connectivity index (χ0v) is 11.9. The molecule has 0 radical (unpaired) electrons. The number of nitrogens with zero attached hydrogens (tertiary/aromatic N) is 1. The topological polar surface area (TPSA) is 66.8 Å². The second kappa shape index (κ2) is 8.32. The van der Waals surface area contributed by atoms with Crippen molar-refractivity contribution in [1.82, 2.24) is 4.90 Å². The molecule has 1 rings (SSSR count). The van der Waals surface area contributed by atoms with Crippen molar-refractivity contribution in [1.29, 1.82) is 0 Å². The van der Waals surface area contributed by atoms with Crippen molar-refractivity contribution in [2.75, 3.05) is 20.6 Å². The quantitative estimate of drug-likeness (QED) is 0.735. The molecule has 110 valence electrons. The van der Waals surface area contributed by atoms with Crippen LogP contribution in [0.3, 0.4) is 0 Å². The Morgan fingerprint density at radius 1 is 1.25 bits per heavy atom. The minimum Gasteiger partial charge on any atom is -0.481 e. The van der Waals surface area contributed by atoms with E-state index in [4.69, 9.17) is 9.84 Å². The van der Waals surface area contributed by atoms with Crippen molar-refractivity contribution < 1.29 is 19.4 Å². The standard InChI is InChI=1S/C15H21NO4/c1-16(2)9-8-13(15(18)19)10-14(17)20-11-12-6-4-3-5-7-12/h3-7,13H,8-11H2,1-2H3,(H,18,19)/t13-/m1/s1. The first-order valence-corrected chi connectivity index (χ1v) is 6.56. The molecule has 0 bridgehead atoms. The van der Waals surface area contributed by atoms with Crippen LogP contribution in [0.2, 0.25) is 0 Å². The maximum absolute atomic E-state index is 11.7. The monoisotopic (exact) mass is 279 g/mol. The molecule has 0 unspecified atom stereocenters. The Balaban J connectivity index is 2.40. The number of carbonyl (C=O) groups is 2. The second-order valence-electron chi connectivity index (χ2n) is 4.98. The molecule has 0 fully saturated rings. The van der Waals surface area contributed by atoms with E-state index in [2.05, 4.69) is 0 Å². The summed E-state index contributed by atoms with van der Waals surface area (Å²) in [5.41, 5.74) is 0.890. The zero-order chi connectivity index (χ0) is 15.0. The van der Waals surface area contributed by atoms with Crippen LogP contribution in [0.15, 0.2) is 30.3 Å². The van der Waals surface area contributed by atoms with E-state index in [-0.39, 0.29) is 13.0 Å². The van der Waals surface area contributed by atoms with Gasteiger partial charge in [0.25, 0.3) is 0 Å². The van der Waals surface area contributed by atoms with Gasteiger partial charge in [-0.2, -0.15) is 0 Å². The van der Waals surface area contributed by atoms with E-state index in [1.807, 2.05) is 49.3 Å². The van der Waals surface area contributed by atoms with E-state index in [0.717, 1.165) is 5.56 Å². The van der Waals surface area contributed by atoms with Crippen LogP contribution >= 0.6 is 0 Å². The summed E-state index contributed by atoms with van der Waals surface area (Å²) >= 11 is 0. The number of benzene rings is 1. The highest BCUT2D eigenvalue weighted by Crippen LogP contribution is 2.12. The van der Waals surface area contributed by atoms with Crippen LogP contribution in [0.4, 0.5) is 0 Å². The molecule has 0 saturated carbocycles. The lowest BCUT2D eigenvalue weighted by Crippen LogP contribution is -2.24. The smallest absolute Gasteiger partial charge is 0.307 e. The first kappa shape index (κ1) is 16.2. The Morgan fingerprint density at radius 3 is 2.45 bits per heavy atom. The zero-order valence-electron chi connectivity index (χ0n) is 11.9. The van der Waals surface area contributed by atoms with Gasteiger partial charge in [0, 0.05) is 0 Å². The molecule has 0 saturated heterocycles. The van der Waals surface area contributed by atoms with Gasteiger partial charge in [-0.3, -0.25) is 9.59 Å². The molecule has 0 aliphatic heterocycles. The molecule has 0 heterocycles. The van der Waals surface area contributed by atoms with Gasteiger partial charge < -0.3 is 14.7 Å². The van der Waals surface area contributed by atoms with Crippen LogP contribution in [-0.4, -0.2) is 42.6 Å². The van der Waals surface area contributed by atoms with Gasteiger partial charge in [-0.15, -0.1) is 0 Å². The SMILES string of the molecule is CN(C)CC[C@H](CC(=O)OCc1ccccc1)C(=O)O. The van der Waals surface area contributed by atoms with Crippen molar-refractivity contribution in [3.63, 3.8) is 0 Å². The summed E-state index contributed by atoms with van der Waals surface area (Å²) in [6, 6.07) is 9.32. The summed E-state index contributed by atoms with van der Waals surface area (Å²) < 4.78 is 5.10. The Hall–Kier alpha value is -1.88. The summed E-state index contributed by atoms with van der Waals surface area (Å²) in [6.45, 7) is 0.808. The van der Waals surface area contributed by atoms with Gasteiger partial charge in [0.1, 0.15) is 6.61 Å². The largest absolute Gasteiger partial charge is 0.481 e. The van der Waals surface area contributed by atoms with Gasteiger partial charge in [-0.25, -0.2) is 0 Å². The van der Waals surface area contributed by atoms with Crippen LogP contribution in [0, 0.1) is 5.92 Å². The average molecular weight is 279 g/mol. The number of carboxylic acid groups (broad SMARTS) is 1. The molecule has 1 N–H and O–H groups in total. The molecule has 0 aromatic heterocycles. The molecular formula is C15H21NO4. The van der Waals surface area contributed by atoms with Crippen LogP contribution in [-0.2, 0) is 20.9 Å². The average Bonchev–Trinajstić information content (AvgIpc) is 2.41. The maximum atomic E-state index is 11.7. The van der Waals surface area contributed by atoms with Gasteiger partial charge in [-0.05, 0) is 32.6 Å². The van der Waals surface area contributed by atoms with Gasteiger partial charge in [0.2, 0.25) is 0 Å². The number of carboxylic acids is 1. The number of ether oxygens (including phenoxy) is 1. The molecule has 5 nitrogen and oxygen atoms in total. The summed E-state index contributed by atoms with van der Waals surface area (Å²) in [5.74, 6) is -2.12. The number of hydrogen-bond acceptors (Lipinski definition) is 4. The lowest BCUT2D eigenvalue weighted by Gasteiger charge is -2.15. The number of hydrogen-bond donors (Lipinski definition) is 1. The third-order valence-electron chi connectivity index (χ3n) is 2.93. The Kier molecular flexibility index (Phi) is 6.73. The minimum atomic E-state index is -0.955. The fourth-order valence-corrected chi connectivity index (χ4v) is 1.73. The van der Waals surface area contributed by atoms with Crippen LogP contribution < -0.4 is 0 Å². The summed E-state index contributed by atoms with van der Waals surface area (Å²) in [4.78, 5) is 24.7. The number of aliphatic carboxylic acids is 1. The molecule has 0 aliphatic carbocycles. The van der Waals surface area contributed by atoms with Crippen molar-refractivity contribution in [3.05, 3.63) is 35.9 Å². The summed E-state index contributed by atoms with van der Waals surface area (Å²) in [7, 11) is 3.74. The normalized spacial score (nSPS) is 12.2. The number of rotatable bonds is 8. The van der Waals surface area contributed by atoms with Crippen LogP contribution in [0.1, 0.15) is 18.4 Å². The first-order chi connectivity index (χ1) is 9.49. The van der Waals surface area contributed by atoms with E-state index in [1.165, 1.54) is 0 Å². The minimum absolute atomic E-state index is 0.0873. The predicted octanol–water partition coefficient (Wildman–Crippen LogP) is 1.77. The van der Waals surface area contributed by atoms with Crippen LogP contribution in [0.5, 0.6) is 0 Å². The van der Waals surface area contributed by atoms with E-state index in [9.17, 15) is 9.59 Å². The van der Waals surface area contributed by atoms with Gasteiger partial charge in [0.05, 0.1) is 12.3 Å². The summed E-state index contributed by atoms with van der Waals surface area (Å²) in [6.07, 6.45) is 0.346. The Labute approximate surface area is 119 Å². The summed E-state index contributed by atoms with van der Waals surface area (Å²) in [5, 5.41) is 9.09. The third kappa shape index (κ3) is 6.33. The molecule has 20 heavy (non-hydrogen) atoms. The van der Waals surface area contributed by atoms with Crippen LogP contribution in [0.25, 0.3) is 0 Å². The first-order valence-electron chi connectivity index (χ1n) is 6.56. The van der Waals surface area contributed by atoms with Crippen molar-refractivity contribution in [2.45, 2.75) is 19.4 Å². The lowest BCUT2D eigenvalue weighted by atomic mass is 10.0. The molecule has 0 amide bonds. The van der Waals surface area contributed by atoms with Crippen molar-refractivity contribution in [2.24, 2.45) is 5.92 Å². The molecule has 1 atom stereocenters. The molecule has 5 heteroatoms. The fourth-order valence-electron chi connectivity index (χ4n) is 1.73. The Bertz CT molecular complexity index is 431. The fraction of sp³-hybridized carbons (Fsp3) is 0.467. The van der Waals surface area contributed by atoms with Gasteiger partial charge >= 0.3 is 11.9 Å². The highest BCUT2D eigenvalue weighted by Gasteiger charge is 2.22. The molecule has 1 aromatic carbocycles. The Morgan fingerprint density at radius 2 is 1.90 bits per heavy atom.